The average molecular weight is 469 g/mol. The fourth-order valence-corrected chi connectivity index (χ4v) is 4.70. The Balaban J connectivity index is 1.65. The molecular formula is C25H29FN4O4. The second kappa shape index (κ2) is 9.32. The van der Waals surface area contributed by atoms with Gasteiger partial charge in [-0.3, -0.25) is 4.79 Å². The molecule has 1 saturated heterocycles. The van der Waals surface area contributed by atoms with Crippen LogP contribution in [0, 0.1) is 0 Å². The number of halogens is 1. The van der Waals surface area contributed by atoms with Crippen molar-refractivity contribution in [2.45, 2.75) is 44.0 Å². The van der Waals surface area contributed by atoms with Crippen molar-refractivity contribution < 1.29 is 23.6 Å². The molecule has 0 spiro atoms. The second-order valence-corrected chi connectivity index (χ2v) is 8.97. The molecule has 2 aromatic rings. The molecule has 2 unspecified atom stereocenters. The van der Waals surface area contributed by atoms with Gasteiger partial charge in [0.1, 0.15) is 11.9 Å². The zero-order chi connectivity index (χ0) is 23.7. The Morgan fingerprint density at radius 3 is 2.68 bits per heavy atom. The van der Waals surface area contributed by atoms with E-state index in [2.05, 4.69) is 20.7 Å². The van der Waals surface area contributed by atoms with E-state index in [0.29, 0.717) is 17.0 Å². The molecule has 0 bridgehead atoms. The van der Waals surface area contributed by atoms with Gasteiger partial charge in [-0.05, 0) is 36.5 Å². The quantitative estimate of drug-likeness (QED) is 0.599. The Kier molecular flexibility index (Phi) is 6.24. The molecule has 3 aliphatic rings. The maximum atomic E-state index is 15.7. The lowest BCUT2D eigenvalue weighted by molar-refractivity contribution is -0.161. The van der Waals surface area contributed by atoms with E-state index >= 15 is 4.39 Å². The van der Waals surface area contributed by atoms with Crippen LogP contribution in [0.5, 0.6) is 0 Å². The Morgan fingerprint density at radius 1 is 1.29 bits per heavy atom. The number of amides is 1. The fourth-order valence-electron chi connectivity index (χ4n) is 4.70. The van der Waals surface area contributed by atoms with Gasteiger partial charge in [0.15, 0.2) is 11.6 Å². The van der Waals surface area contributed by atoms with Gasteiger partial charge in [0.25, 0.3) is 0 Å². The third-order valence-electron chi connectivity index (χ3n) is 6.69. The SMILES string of the molecule is CC(=O)NC1=C(F)C=C(c2ccccc2)C(O)C1(OC1CCC1)c1cc(N2CCNCC2)no1. The van der Waals surface area contributed by atoms with Gasteiger partial charge in [-0.1, -0.05) is 35.5 Å². The number of allylic oxidation sites excluding steroid dienone is 2. The highest BCUT2D eigenvalue weighted by Crippen LogP contribution is 2.49. The zero-order valence-electron chi connectivity index (χ0n) is 19.1. The molecule has 9 heteroatoms. The van der Waals surface area contributed by atoms with Gasteiger partial charge in [-0.15, -0.1) is 0 Å². The lowest BCUT2D eigenvalue weighted by Gasteiger charge is -2.44. The first-order chi connectivity index (χ1) is 16.5. The van der Waals surface area contributed by atoms with Crippen LogP contribution in [0.2, 0.25) is 0 Å². The number of rotatable bonds is 6. The van der Waals surface area contributed by atoms with E-state index in [4.69, 9.17) is 9.26 Å². The molecule has 1 aromatic heterocycles. The summed E-state index contributed by atoms with van der Waals surface area (Å²) in [7, 11) is 0. The monoisotopic (exact) mass is 468 g/mol. The van der Waals surface area contributed by atoms with E-state index in [1.165, 1.54) is 13.0 Å². The van der Waals surface area contributed by atoms with Crippen molar-refractivity contribution in [3.63, 3.8) is 0 Å². The van der Waals surface area contributed by atoms with Gasteiger partial charge in [-0.25, -0.2) is 4.39 Å². The molecule has 2 aliphatic carbocycles. The first kappa shape index (κ1) is 22.8. The zero-order valence-corrected chi connectivity index (χ0v) is 19.1. The van der Waals surface area contributed by atoms with E-state index in [-0.39, 0.29) is 17.6 Å². The van der Waals surface area contributed by atoms with Crippen molar-refractivity contribution in [1.82, 2.24) is 15.8 Å². The van der Waals surface area contributed by atoms with E-state index in [0.717, 1.165) is 45.4 Å². The molecular weight excluding hydrogens is 439 g/mol. The molecule has 8 nitrogen and oxygen atoms in total. The number of aliphatic hydroxyl groups excluding tert-OH is 1. The van der Waals surface area contributed by atoms with E-state index in [1.54, 1.807) is 18.2 Å². The second-order valence-electron chi connectivity index (χ2n) is 8.97. The number of hydrogen-bond acceptors (Lipinski definition) is 7. The Hall–Kier alpha value is -3.01. The molecule has 34 heavy (non-hydrogen) atoms. The summed E-state index contributed by atoms with van der Waals surface area (Å²) in [6, 6.07) is 10.8. The normalized spacial score (nSPS) is 25.7. The molecule has 0 radical (unpaired) electrons. The van der Waals surface area contributed by atoms with Gasteiger partial charge in [0.05, 0.1) is 11.8 Å². The van der Waals surface area contributed by atoms with E-state index in [1.807, 2.05) is 18.2 Å². The predicted octanol–water partition coefficient (Wildman–Crippen LogP) is 2.62. The van der Waals surface area contributed by atoms with Gasteiger partial charge in [0.2, 0.25) is 11.5 Å². The number of aliphatic hydroxyl groups is 1. The first-order valence-electron chi connectivity index (χ1n) is 11.7. The average Bonchev–Trinajstić information content (AvgIpc) is 3.32. The van der Waals surface area contributed by atoms with Crippen molar-refractivity contribution in [3.05, 3.63) is 65.3 Å². The number of ether oxygens (including phenoxy) is 1. The number of piperazine rings is 1. The lowest BCUT2D eigenvalue weighted by Crippen LogP contribution is -2.53. The standard InChI is InChI=1S/C25H29FN4O4/c1-16(31)28-23-20(26)14-19(17-6-3-2-4-7-17)24(32)25(23,33-18-8-5-9-18)21-15-22(29-34-21)30-12-10-27-11-13-30/h2-4,6-7,14-15,18,24,27,32H,5,8-13H2,1H3,(H,28,31). The number of hydrogen-bond donors (Lipinski definition) is 3. The van der Waals surface area contributed by atoms with Crippen LogP contribution >= 0.6 is 0 Å². The molecule has 2 atom stereocenters. The minimum Gasteiger partial charge on any atom is -0.384 e. The maximum Gasteiger partial charge on any atom is 0.221 e. The minimum absolute atomic E-state index is 0.154. The lowest BCUT2D eigenvalue weighted by atomic mass is 9.77. The van der Waals surface area contributed by atoms with Gasteiger partial charge >= 0.3 is 0 Å². The first-order valence-corrected chi connectivity index (χ1v) is 11.7. The van der Waals surface area contributed by atoms with E-state index in [9.17, 15) is 9.90 Å². The molecule has 1 aliphatic heterocycles. The summed E-state index contributed by atoms with van der Waals surface area (Å²) in [5.74, 6) is -0.435. The van der Waals surface area contributed by atoms with Crippen LogP contribution in [-0.2, 0) is 15.1 Å². The van der Waals surface area contributed by atoms with Crippen molar-refractivity contribution in [1.29, 1.82) is 0 Å². The number of benzene rings is 1. The predicted molar refractivity (Wildman–Crippen MR) is 124 cm³/mol. The third kappa shape index (κ3) is 4.04. The van der Waals surface area contributed by atoms with Crippen molar-refractivity contribution >= 4 is 17.3 Å². The highest BCUT2D eigenvalue weighted by molar-refractivity contribution is 5.80. The van der Waals surface area contributed by atoms with Crippen LogP contribution in [0.15, 0.2) is 58.5 Å². The topological polar surface area (TPSA) is 99.9 Å². The van der Waals surface area contributed by atoms with Crippen molar-refractivity contribution in [2.75, 3.05) is 31.1 Å². The molecule has 1 saturated carbocycles. The van der Waals surface area contributed by atoms with Gasteiger partial charge in [-0.2, -0.15) is 0 Å². The smallest absolute Gasteiger partial charge is 0.221 e. The Morgan fingerprint density at radius 2 is 2.03 bits per heavy atom. The third-order valence-corrected chi connectivity index (χ3v) is 6.69. The number of carbonyl (C=O) groups is 1. The van der Waals surface area contributed by atoms with Crippen LogP contribution in [0.1, 0.15) is 37.5 Å². The molecule has 3 N–H and O–H groups in total. The minimum atomic E-state index is -1.79. The Labute approximate surface area is 197 Å². The summed E-state index contributed by atoms with van der Waals surface area (Å²) in [6.07, 6.45) is 2.21. The van der Waals surface area contributed by atoms with Gasteiger partial charge < -0.3 is 29.9 Å². The number of nitrogens with one attached hydrogen (secondary N) is 2. The maximum absolute atomic E-state index is 15.7. The van der Waals surface area contributed by atoms with Crippen LogP contribution in [0.4, 0.5) is 10.2 Å². The molecule has 180 valence electrons. The molecule has 1 amide bonds. The summed E-state index contributed by atoms with van der Waals surface area (Å²) < 4.78 is 28.0. The van der Waals surface area contributed by atoms with Crippen LogP contribution in [0.25, 0.3) is 5.57 Å². The van der Waals surface area contributed by atoms with Crippen molar-refractivity contribution in [3.8, 4) is 0 Å². The summed E-state index contributed by atoms with van der Waals surface area (Å²) in [5, 5.41) is 21.9. The number of aromatic nitrogens is 1. The number of carbonyl (C=O) groups excluding carboxylic acids is 1. The number of anilines is 1. The van der Waals surface area contributed by atoms with Gasteiger partial charge in [0, 0.05) is 39.2 Å². The molecule has 5 rings (SSSR count). The van der Waals surface area contributed by atoms with E-state index < -0.39 is 23.4 Å². The summed E-state index contributed by atoms with van der Waals surface area (Å²) >= 11 is 0. The molecule has 2 fully saturated rings. The Bertz CT molecular complexity index is 1110. The van der Waals surface area contributed by atoms with Crippen LogP contribution < -0.4 is 15.5 Å². The van der Waals surface area contributed by atoms with Crippen molar-refractivity contribution in [2.24, 2.45) is 0 Å². The highest BCUT2D eigenvalue weighted by atomic mass is 19.1. The molecule has 1 aromatic carbocycles. The highest BCUT2D eigenvalue weighted by Gasteiger charge is 2.55. The summed E-state index contributed by atoms with van der Waals surface area (Å²) in [6.45, 7) is 4.39. The largest absolute Gasteiger partial charge is 0.384 e. The molecule has 2 heterocycles. The summed E-state index contributed by atoms with van der Waals surface area (Å²) in [4.78, 5) is 14.2. The van der Waals surface area contributed by atoms with Crippen LogP contribution in [-0.4, -0.2) is 54.6 Å². The number of nitrogens with zero attached hydrogens (tertiary/aromatic N) is 2. The van der Waals surface area contributed by atoms with Crippen LogP contribution in [0.3, 0.4) is 0 Å². The summed E-state index contributed by atoms with van der Waals surface area (Å²) in [5.41, 5.74) is -0.968. The fraction of sp³-hybridized carbons (Fsp3) is 0.440.